The maximum absolute atomic E-state index is 12.0. The first-order chi connectivity index (χ1) is 11.8. The number of benzene rings is 2. The van der Waals surface area contributed by atoms with Crippen molar-refractivity contribution in [2.45, 2.75) is 0 Å². The van der Waals surface area contributed by atoms with Gasteiger partial charge >= 0.3 is 5.97 Å². The molecule has 116 valence electrons. The lowest BCUT2D eigenvalue weighted by molar-refractivity contribution is -0.129. The molecule has 0 radical (unpaired) electrons. The molecular formula is C20H13NO2S. The number of esters is 1. The fourth-order valence-corrected chi connectivity index (χ4v) is 3.13. The lowest BCUT2D eigenvalue weighted by Gasteiger charge is -2.03. The SMILES string of the molecule is O=C1OC(c2ccc(-c3ccccc3)cc2)=NC1=Cc1cccs1. The highest BCUT2D eigenvalue weighted by molar-refractivity contribution is 7.10. The topological polar surface area (TPSA) is 38.7 Å². The fraction of sp³-hybridized carbons (Fsp3) is 0. The van der Waals surface area contributed by atoms with E-state index in [0.717, 1.165) is 21.6 Å². The number of thiophene rings is 1. The molecule has 2 heterocycles. The summed E-state index contributed by atoms with van der Waals surface area (Å²) < 4.78 is 5.30. The molecule has 0 aliphatic carbocycles. The minimum Gasteiger partial charge on any atom is -0.402 e. The van der Waals surface area contributed by atoms with Gasteiger partial charge in [-0.05, 0) is 40.8 Å². The third-order valence-corrected chi connectivity index (χ3v) is 4.50. The van der Waals surface area contributed by atoms with Gasteiger partial charge in [-0.15, -0.1) is 11.3 Å². The number of carbonyl (C=O) groups excluding carboxylic acids is 1. The predicted molar refractivity (Wildman–Crippen MR) is 96.8 cm³/mol. The molecule has 0 amide bonds. The van der Waals surface area contributed by atoms with Gasteiger partial charge in [-0.2, -0.15) is 0 Å². The number of rotatable bonds is 3. The number of nitrogens with zero attached hydrogens (tertiary/aromatic N) is 1. The van der Waals surface area contributed by atoms with Gasteiger partial charge in [-0.3, -0.25) is 0 Å². The summed E-state index contributed by atoms with van der Waals surface area (Å²) in [5.74, 6) is -0.0621. The van der Waals surface area contributed by atoms with E-state index >= 15 is 0 Å². The van der Waals surface area contributed by atoms with Crippen LogP contribution in [0.2, 0.25) is 0 Å². The van der Waals surface area contributed by atoms with Gasteiger partial charge < -0.3 is 4.74 Å². The maximum atomic E-state index is 12.0. The van der Waals surface area contributed by atoms with Gasteiger partial charge in [0.1, 0.15) is 0 Å². The van der Waals surface area contributed by atoms with E-state index in [1.54, 1.807) is 17.4 Å². The second kappa shape index (κ2) is 6.26. The first-order valence-corrected chi connectivity index (χ1v) is 8.39. The van der Waals surface area contributed by atoms with Gasteiger partial charge in [0.2, 0.25) is 5.90 Å². The highest BCUT2D eigenvalue weighted by atomic mass is 32.1. The van der Waals surface area contributed by atoms with Crippen molar-refractivity contribution < 1.29 is 9.53 Å². The summed E-state index contributed by atoms with van der Waals surface area (Å²) in [6.45, 7) is 0. The molecule has 0 N–H and O–H groups in total. The van der Waals surface area contributed by atoms with Gasteiger partial charge in [0.05, 0.1) is 0 Å². The molecule has 1 aliphatic rings. The van der Waals surface area contributed by atoms with Crippen molar-refractivity contribution in [3.8, 4) is 11.1 Å². The summed E-state index contributed by atoms with van der Waals surface area (Å²) in [5, 5.41) is 1.96. The average Bonchev–Trinajstić information content (AvgIpc) is 3.27. The fourth-order valence-electron chi connectivity index (χ4n) is 2.48. The zero-order valence-electron chi connectivity index (χ0n) is 12.7. The number of hydrogen-bond donors (Lipinski definition) is 0. The summed E-state index contributed by atoms with van der Waals surface area (Å²) in [6, 6.07) is 21.8. The highest BCUT2D eigenvalue weighted by Crippen LogP contribution is 2.23. The Morgan fingerprint density at radius 2 is 1.54 bits per heavy atom. The van der Waals surface area contributed by atoms with Crippen molar-refractivity contribution in [3.05, 3.63) is 88.2 Å². The Morgan fingerprint density at radius 3 is 2.25 bits per heavy atom. The zero-order chi connectivity index (χ0) is 16.4. The Balaban J connectivity index is 1.61. The van der Waals surface area contributed by atoms with Crippen molar-refractivity contribution in [2.24, 2.45) is 4.99 Å². The van der Waals surface area contributed by atoms with E-state index < -0.39 is 5.97 Å². The molecule has 0 saturated carbocycles. The van der Waals surface area contributed by atoms with Crippen molar-refractivity contribution in [1.82, 2.24) is 0 Å². The standard InChI is InChI=1S/C20H13NO2S/c22-20-18(13-17-7-4-12-24-17)21-19(23-20)16-10-8-15(9-11-16)14-5-2-1-3-6-14/h1-13H. The number of aliphatic imine (C=N–C) groups is 1. The third-order valence-electron chi connectivity index (χ3n) is 3.68. The van der Waals surface area contributed by atoms with Gasteiger partial charge in [-0.25, -0.2) is 9.79 Å². The predicted octanol–water partition coefficient (Wildman–Crippen LogP) is 4.76. The van der Waals surface area contributed by atoms with Gasteiger partial charge in [0.15, 0.2) is 5.70 Å². The smallest absolute Gasteiger partial charge is 0.363 e. The third kappa shape index (κ3) is 2.92. The van der Waals surface area contributed by atoms with Crippen LogP contribution in [0.25, 0.3) is 17.2 Å². The summed E-state index contributed by atoms with van der Waals surface area (Å²) in [6.07, 6.45) is 1.75. The minimum absolute atomic E-state index is 0.333. The maximum Gasteiger partial charge on any atom is 0.363 e. The molecule has 3 nitrogen and oxygen atoms in total. The van der Waals surface area contributed by atoms with Crippen LogP contribution in [-0.2, 0) is 9.53 Å². The molecule has 3 aromatic rings. The van der Waals surface area contributed by atoms with Crippen molar-refractivity contribution >= 4 is 29.3 Å². The largest absolute Gasteiger partial charge is 0.402 e. The van der Waals surface area contributed by atoms with Crippen LogP contribution in [0.15, 0.2) is 82.8 Å². The van der Waals surface area contributed by atoms with Crippen molar-refractivity contribution in [3.63, 3.8) is 0 Å². The Hall–Kier alpha value is -2.98. The molecule has 24 heavy (non-hydrogen) atoms. The first kappa shape index (κ1) is 14.6. The molecule has 0 unspecified atom stereocenters. The van der Waals surface area contributed by atoms with Crippen LogP contribution >= 0.6 is 11.3 Å². The van der Waals surface area contributed by atoms with Crippen LogP contribution in [0.3, 0.4) is 0 Å². The Labute approximate surface area is 143 Å². The molecule has 1 aromatic heterocycles. The Kier molecular flexibility index (Phi) is 3.81. The van der Waals surface area contributed by atoms with Crippen LogP contribution in [0.1, 0.15) is 10.4 Å². The second-order valence-corrected chi connectivity index (χ2v) is 6.27. The highest BCUT2D eigenvalue weighted by Gasteiger charge is 2.24. The quantitative estimate of drug-likeness (QED) is 0.513. The summed E-state index contributed by atoms with van der Waals surface area (Å²) in [7, 11) is 0. The van der Waals surface area contributed by atoms with Crippen LogP contribution in [0.4, 0.5) is 0 Å². The van der Waals surface area contributed by atoms with Crippen molar-refractivity contribution in [1.29, 1.82) is 0 Å². The Morgan fingerprint density at radius 1 is 0.833 bits per heavy atom. The van der Waals surface area contributed by atoms with Gasteiger partial charge in [0.25, 0.3) is 0 Å². The molecule has 4 heteroatoms. The lowest BCUT2D eigenvalue weighted by Crippen LogP contribution is -2.05. The molecule has 0 atom stereocenters. The molecule has 0 bridgehead atoms. The zero-order valence-corrected chi connectivity index (χ0v) is 13.5. The number of cyclic esters (lactones) is 1. The van der Waals surface area contributed by atoms with E-state index in [2.05, 4.69) is 17.1 Å². The molecule has 1 aliphatic heterocycles. The molecule has 0 fully saturated rings. The van der Waals surface area contributed by atoms with E-state index in [1.807, 2.05) is 60.0 Å². The normalized spacial score (nSPS) is 15.4. The molecule has 4 rings (SSSR count). The summed E-state index contributed by atoms with van der Waals surface area (Å²) in [4.78, 5) is 17.3. The van der Waals surface area contributed by atoms with E-state index in [-0.39, 0.29) is 0 Å². The first-order valence-electron chi connectivity index (χ1n) is 7.51. The summed E-state index contributed by atoms with van der Waals surface area (Å²) >= 11 is 1.55. The van der Waals surface area contributed by atoms with Crippen LogP contribution in [-0.4, -0.2) is 11.9 Å². The van der Waals surface area contributed by atoms with Gasteiger partial charge in [-0.1, -0.05) is 48.5 Å². The van der Waals surface area contributed by atoms with Crippen LogP contribution < -0.4 is 0 Å². The Bertz CT molecular complexity index is 924. The monoisotopic (exact) mass is 331 g/mol. The van der Waals surface area contributed by atoms with Crippen LogP contribution in [0.5, 0.6) is 0 Å². The van der Waals surface area contributed by atoms with Gasteiger partial charge in [0, 0.05) is 10.4 Å². The number of hydrogen-bond acceptors (Lipinski definition) is 4. The molecule has 2 aromatic carbocycles. The van der Waals surface area contributed by atoms with E-state index in [1.165, 1.54) is 0 Å². The number of carbonyl (C=O) groups is 1. The summed E-state index contributed by atoms with van der Waals surface area (Å²) in [5.41, 5.74) is 3.38. The van der Waals surface area contributed by atoms with Crippen LogP contribution in [0, 0.1) is 0 Å². The van der Waals surface area contributed by atoms with Crippen molar-refractivity contribution in [2.75, 3.05) is 0 Å². The minimum atomic E-state index is -0.412. The van der Waals surface area contributed by atoms with E-state index in [0.29, 0.717) is 11.6 Å². The van der Waals surface area contributed by atoms with E-state index in [4.69, 9.17) is 4.74 Å². The molecule has 0 saturated heterocycles. The van der Waals surface area contributed by atoms with E-state index in [9.17, 15) is 4.79 Å². The second-order valence-electron chi connectivity index (χ2n) is 5.29. The molecular weight excluding hydrogens is 318 g/mol. The molecule has 0 spiro atoms. The number of ether oxygens (including phenoxy) is 1. The lowest BCUT2D eigenvalue weighted by atomic mass is 10.0. The average molecular weight is 331 g/mol.